The number of nitrogens with zero attached hydrogens (tertiary/aromatic N) is 2. The second-order valence-corrected chi connectivity index (χ2v) is 14.5. The molecule has 178 valence electrons. The number of rotatable bonds is 8. The predicted octanol–water partition coefficient (Wildman–Crippen LogP) is 4.05. The Balaban J connectivity index is 2.05. The number of likely N-dealkylation sites (tertiary alicyclic amines) is 1. The molecule has 1 aliphatic heterocycles. The third kappa shape index (κ3) is 6.91. The average Bonchev–Trinajstić information content (AvgIpc) is 3.11. The Morgan fingerprint density at radius 1 is 1.28 bits per heavy atom. The van der Waals surface area contributed by atoms with Gasteiger partial charge in [0.1, 0.15) is 12.5 Å². The van der Waals surface area contributed by atoms with E-state index in [-0.39, 0.29) is 47.8 Å². The van der Waals surface area contributed by atoms with E-state index in [0.717, 1.165) is 0 Å². The van der Waals surface area contributed by atoms with Crippen LogP contribution in [-0.4, -0.2) is 61.3 Å². The van der Waals surface area contributed by atoms with Crippen molar-refractivity contribution in [2.24, 2.45) is 0 Å². The zero-order chi connectivity index (χ0) is 24.1. The van der Waals surface area contributed by atoms with Crippen LogP contribution in [0.25, 0.3) is 0 Å². The molecule has 0 aliphatic carbocycles. The van der Waals surface area contributed by atoms with E-state index < -0.39 is 19.3 Å². The molecule has 1 aliphatic rings. The van der Waals surface area contributed by atoms with E-state index in [1.165, 1.54) is 12.1 Å². The Labute approximate surface area is 194 Å². The Morgan fingerprint density at radius 2 is 1.91 bits per heavy atom. The molecule has 1 saturated heterocycles. The number of ether oxygens (including phenoxy) is 1. The molecule has 1 aromatic rings. The zero-order valence-corrected chi connectivity index (χ0v) is 21.0. The van der Waals surface area contributed by atoms with Crippen molar-refractivity contribution in [3.05, 3.63) is 39.9 Å². The summed E-state index contributed by atoms with van der Waals surface area (Å²) < 4.78 is 11.9. The number of nitro benzene ring substituents is 1. The van der Waals surface area contributed by atoms with Gasteiger partial charge in [-0.2, -0.15) is 0 Å². The third-order valence-corrected chi connectivity index (χ3v) is 10.8. The monoisotopic (exact) mass is 485 g/mol. The molecular formula is C21H32ClN3O6Si. The topological polar surface area (TPSA) is 111 Å². The zero-order valence-electron chi connectivity index (χ0n) is 19.2. The minimum atomic E-state index is -2.04. The summed E-state index contributed by atoms with van der Waals surface area (Å²) in [6, 6.07) is 5.56. The van der Waals surface area contributed by atoms with Gasteiger partial charge in [0.05, 0.1) is 17.1 Å². The smallest absolute Gasteiger partial charge is 0.410 e. The summed E-state index contributed by atoms with van der Waals surface area (Å²) in [7, 11) is -2.04. The Morgan fingerprint density at radius 3 is 2.44 bits per heavy atom. The van der Waals surface area contributed by atoms with Gasteiger partial charge in [0.2, 0.25) is 5.91 Å². The largest absolute Gasteiger partial charge is 0.445 e. The van der Waals surface area contributed by atoms with Crippen molar-refractivity contribution >= 4 is 37.6 Å². The second kappa shape index (κ2) is 10.6. The molecule has 32 heavy (non-hydrogen) atoms. The molecular weight excluding hydrogens is 454 g/mol. The van der Waals surface area contributed by atoms with E-state index in [4.69, 9.17) is 20.8 Å². The molecule has 0 radical (unpaired) electrons. The van der Waals surface area contributed by atoms with Crippen molar-refractivity contribution < 1.29 is 23.7 Å². The van der Waals surface area contributed by atoms with Crippen LogP contribution in [0.5, 0.6) is 0 Å². The van der Waals surface area contributed by atoms with E-state index in [0.29, 0.717) is 18.5 Å². The molecule has 1 fully saturated rings. The summed E-state index contributed by atoms with van der Waals surface area (Å²) in [5.41, 5.74) is 0.615. The molecule has 1 aromatic carbocycles. The lowest BCUT2D eigenvalue weighted by molar-refractivity contribution is -0.384. The van der Waals surface area contributed by atoms with Crippen molar-refractivity contribution in [3.8, 4) is 0 Å². The average molecular weight is 486 g/mol. The number of nitro groups is 1. The number of amides is 2. The summed E-state index contributed by atoms with van der Waals surface area (Å²) >= 11 is 5.57. The Hall–Kier alpha value is -2.17. The molecule has 1 N–H and O–H groups in total. The third-order valence-electron chi connectivity index (χ3n) is 6.04. The SMILES string of the molecule is CC(C)(C)[Si](C)(C)O[C@@H]1C[C@@H](CNC(=O)CCl)N(C(=O)OCc2ccc([N+](=O)[O-])cc2)C1. The quantitative estimate of drug-likeness (QED) is 0.257. The lowest BCUT2D eigenvalue weighted by atomic mass is 10.2. The number of halogens is 1. The first-order valence-corrected chi connectivity index (χ1v) is 14.0. The Bertz CT molecular complexity index is 828. The summed E-state index contributed by atoms with van der Waals surface area (Å²) in [4.78, 5) is 36.3. The van der Waals surface area contributed by atoms with Crippen molar-refractivity contribution in [1.29, 1.82) is 0 Å². The van der Waals surface area contributed by atoms with E-state index in [1.807, 2.05) is 0 Å². The van der Waals surface area contributed by atoms with Gasteiger partial charge in [-0.1, -0.05) is 20.8 Å². The molecule has 0 unspecified atom stereocenters. The molecule has 2 rings (SSSR count). The molecule has 0 bridgehead atoms. The highest BCUT2D eigenvalue weighted by Gasteiger charge is 2.44. The van der Waals surface area contributed by atoms with Crippen LogP contribution in [-0.2, 0) is 20.6 Å². The Kier molecular flexibility index (Phi) is 8.66. The van der Waals surface area contributed by atoms with Gasteiger partial charge in [-0.25, -0.2) is 4.79 Å². The maximum atomic E-state index is 12.8. The standard InChI is InChI=1S/C21H32ClN3O6Si/c1-21(2,3)32(4,5)31-18-10-17(12-23-19(26)11-22)24(13-18)20(27)30-14-15-6-8-16(9-7-15)25(28)29/h6-9,17-18H,10-14H2,1-5H3,(H,23,26)/t17-,18+/m0/s1. The van der Waals surface area contributed by atoms with Crippen LogP contribution in [0.4, 0.5) is 10.5 Å². The number of non-ortho nitro benzene ring substituents is 1. The maximum absolute atomic E-state index is 12.8. The lowest BCUT2D eigenvalue weighted by Gasteiger charge is -2.38. The number of benzene rings is 1. The van der Waals surface area contributed by atoms with Gasteiger partial charge in [0.25, 0.3) is 5.69 Å². The number of hydrogen-bond donors (Lipinski definition) is 1. The van der Waals surface area contributed by atoms with E-state index in [2.05, 4.69) is 39.2 Å². The second-order valence-electron chi connectivity index (χ2n) is 9.46. The van der Waals surface area contributed by atoms with Crippen LogP contribution in [0.1, 0.15) is 32.8 Å². The van der Waals surface area contributed by atoms with Gasteiger partial charge in [-0.15, -0.1) is 11.6 Å². The van der Waals surface area contributed by atoms with Gasteiger partial charge in [0, 0.05) is 25.2 Å². The van der Waals surface area contributed by atoms with Gasteiger partial charge in [0.15, 0.2) is 8.32 Å². The molecule has 11 heteroatoms. The fourth-order valence-electron chi connectivity index (χ4n) is 3.19. The number of carbonyl (C=O) groups excluding carboxylic acids is 2. The first-order chi connectivity index (χ1) is 14.8. The normalized spacial score (nSPS) is 19.0. The minimum Gasteiger partial charge on any atom is -0.445 e. The number of alkyl halides is 1. The van der Waals surface area contributed by atoms with Crippen molar-refractivity contribution in [2.75, 3.05) is 19.0 Å². The number of hydrogen-bond acceptors (Lipinski definition) is 6. The van der Waals surface area contributed by atoms with E-state index >= 15 is 0 Å². The fraction of sp³-hybridized carbons (Fsp3) is 0.619. The van der Waals surface area contributed by atoms with Crippen molar-refractivity contribution in [1.82, 2.24) is 10.2 Å². The molecule has 9 nitrogen and oxygen atoms in total. The first-order valence-electron chi connectivity index (χ1n) is 10.5. The van der Waals surface area contributed by atoms with Gasteiger partial charge in [-0.05, 0) is 42.2 Å². The van der Waals surface area contributed by atoms with E-state index in [1.54, 1.807) is 17.0 Å². The van der Waals surface area contributed by atoms with Crippen LogP contribution in [0.15, 0.2) is 24.3 Å². The van der Waals surface area contributed by atoms with E-state index in [9.17, 15) is 19.7 Å². The highest BCUT2D eigenvalue weighted by atomic mass is 35.5. The molecule has 2 amide bonds. The molecule has 0 spiro atoms. The van der Waals surface area contributed by atoms with Gasteiger partial charge < -0.3 is 19.4 Å². The molecule has 0 saturated carbocycles. The van der Waals surface area contributed by atoms with Crippen LogP contribution < -0.4 is 5.32 Å². The minimum absolute atomic E-state index is 0.0121. The van der Waals surface area contributed by atoms with Crippen LogP contribution in [0.3, 0.4) is 0 Å². The lowest BCUT2D eigenvalue weighted by Crippen LogP contribution is -2.45. The molecule has 0 aromatic heterocycles. The predicted molar refractivity (Wildman–Crippen MR) is 124 cm³/mol. The van der Waals surface area contributed by atoms with Crippen molar-refractivity contribution in [3.63, 3.8) is 0 Å². The van der Waals surface area contributed by atoms with Crippen molar-refractivity contribution in [2.45, 2.75) is 64.1 Å². The summed E-state index contributed by atoms with van der Waals surface area (Å²) in [6.45, 7) is 11.4. The molecule has 1 heterocycles. The van der Waals surface area contributed by atoms with Gasteiger partial charge >= 0.3 is 6.09 Å². The van der Waals surface area contributed by atoms with Crippen LogP contribution >= 0.6 is 11.6 Å². The highest BCUT2D eigenvalue weighted by Crippen LogP contribution is 2.39. The fourth-order valence-corrected chi connectivity index (χ4v) is 4.64. The number of carbonyl (C=O) groups is 2. The maximum Gasteiger partial charge on any atom is 0.410 e. The first kappa shape index (κ1) is 26.1. The van der Waals surface area contributed by atoms with Crippen LogP contribution in [0, 0.1) is 10.1 Å². The summed E-state index contributed by atoms with van der Waals surface area (Å²) in [5.74, 6) is -0.457. The highest BCUT2D eigenvalue weighted by molar-refractivity contribution is 6.74. The molecule has 2 atom stereocenters. The summed E-state index contributed by atoms with van der Waals surface area (Å²) in [5, 5.41) is 13.5. The summed E-state index contributed by atoms with van der Waals surface area (Å²) in [6.07, 6.45) is -0.0858. The number of nitrogens with one attached hydrogen (secondary N) is 1. The van der Waals surface area contributed by atoms with Crippen LogP contribution in [0.2, 0.25) is 18.1 Å². The van der Waals surface area contributed by atoms with Gasteiger partial charge in [-0.3, -0.25) is 14.9 Å².